The lowest BCUT2D eigenvalue weighted by molar-refractivity contribution is -0.384. The predicted octanol–water partition coefficient (Wildman–Crippen LogP) is 4.82. The lowest BCUT2D eigenvalue weighted by Gasteiger charge is -2.10. The first kappa shape index (κ1) is 22.9. The topological polar surface area (TPSA) is 112 Å². The highest BCUT2D eigenvalue weighted by Crippen LogP contribution is 2.28. The van der Waals surface area contributed by atoms with Crippen molar-refractivity contribution in [2.75, 3.05) is 11.1 Å². The molecule has 0 aliphatic carbocycles. The molecule has 1 heterocycles. The van der Waals surface area contributed by atoms with Gasteiger partial charge in [0.15, 0.2) is 11.0 Å². The molecule has 0 spiro atoms. The van der Waals surface area contributed by atoms with Crippen molar-refractivity contribution < 1.29 is 14.5 Å². The molecule has 0 radical (unpaired) electrons. The van der Waals surface area contributed by atoms with Gasteiger partial charge in [-0.25, -0.2) is 0 Å². The Hall–Kier alpha value is -2.82. The summed E-state index contributed by atoms with van der Waals surface area (Å²) in [6.45, 7) is 2.69. The predicted molar refractivity (Wildman–Crippen MR) is 119 cm³/mol. The van der Waals surface area contributed by atoms with Crippen molar-refractivity contribution in [3.63, 3.8) is 0 Å². The average Bonchev–Trinajstić information content (AvgIpc) is 3.14. The Kier molecular flexibility index (Phi) is 7.72. The van der Waals surface area contributed by atoms with Gasteiger partial charge < -0.3 is 14.6 Å². The molecule has 3 aromatic rings. The van der Waals surface area contributed by atoms with E-state index >= 15 is 0 Å². The fourth-order valence-corrected chi connectivity index (χ4v) is 3.81. The minimum absolute atomic E-state index is 0.0000370. The summed E-state index contributed by atoms with van der Waals surface area (Å²) in [4.78, 5) is 22.6. The number of anilines is 1. The molecule has 1 N–H and O–H groups in total. The highest BCUT2D eigenvalue weighted by molar-refractivity contribution is 7.99. The SMILES string of the molecule is CCn1c(COc2ccccc2Cl)nnc1SCC(=O)Nc1ccc(Cl)c([N+](=O)[O-])c1. The van der Waals surface area contributed by atoms with E-state index in [0.29, 0.717) is 28.3 Å². The molecular formula is C19H17Cl2N5O4S. The van der Waals surface area contributed by atoms with Crippen LogP contribution >= 0.6 is 35.0 Å². The van der Waals surface area contributed by atoms with Crippen molar-refractivity contribution in [3.05, 3.63) is 68.4 Å². The fourth-order valence-electron chi connectivity index (χ4n) is 2.61. The monoisotopic (exact) mass is 481 g/mol. The van der Waals surface area contributed by atoms with Gasteiger partial charge in [0.05, 0.1) is 15.7 Å². The number of nitrogens with zero attached hydrogens (tertiary/aromatic N) is 4. The van der Waals surface area contributed by atoms with Crippen LogP contribution in [0.4, 0.5) is 11.4 Å². The number of nitro groups is 1. The molecule has 162 valence electrons. The largest absolute Gasteiger partial charge is 0.484 e. The first-order chi connectivity index (χ1) is 14.9. The van der Waals surface area contributed by atoms with Gasteiger partial charge in [-0.05, 0) is 31.2 Å². The van der Waals surface area contributed by atoms with E-state index < -0.39 is 4.92 Å². The fraction of sp³-hybridized carbons (Fsp3) is 0.211. The van der Waals surface area contributed by atoms with E-state index in [1.54, 1.807) is 12.1 Å². The first-order valence-corrected chi connectivity index (χ1v) is 10.8. The van der Waals surface area contributed by atoms with E-state index in [9.17, 15) is 14.9 Å². The van der Waals surface area contributed by atoms with Crippen LogP contribution in [-0.2, 0) is 17.9 Å². The molecule has 0 unspecified atom stereocenters. The molecule has 0 aliphatic heterocycles. The Morgan fingerprint density at radius 1 is 1.23 bits per heavy atom. The third kappa shape index (κ3) is 5.87. The molecule has 0 aliphatic rings. The number of thioether (sulfide) groups is 1. The molecule has 2 aromatic carbocycles. The van der Waals surface area contributed by atoms with Gasteiger partial charge in [-0.3, -0.25) is 14.9 Å². The minimum Gasteiger partial charge on any atom is -0.484 e. The van der Waals surface area contributed by atoms with Crippen LogP contribution in [-0.4, -0.2) is 31.3 Å². The number of carbonyl (C=O) groups excluding carboxylic acids is 1. The van der Waals surface area contributed by atoms with E-state index in [1.165, 1.54) is 30.0 Å². The maximum absolute atomic E-state index is 12.3. The van der Waals surface area contributed by atoms with Gasteiger partial charge in [-0.15, -0.1) is 10.2 Å². The van der Waals surface area contributed by atoms with E-state index in [1.807, 2.05) is 23.6 Å². The van der Waals surface area contributed by atoms with E-state index in [4.69, 9.17) is 27.9 Å². The van der Waals surface area contributed by atoms with Crippen LogP contribution in [0.2, 0.25) is 10.0 Å². The zero-order valence-corrected chi connectivity index (χ0v) is 18.6. The first-order valence-electron chi connectivity index (χ1n) is 9.05. The van der Waals surface area contributed by atoms with Crippen molar-refractivity contribution in [2.45, 2.75) is 25.2 Å². The Morgan fingerprint density at radius 3 is 2.71 bits per heavy atom. The van der Waals surface area contributed by atoms with Crippen LogP contribution in [0.1, 0.15) is 12.7 Å². The van der Waals surface area contributed by atoms with Crippen LogP contribution in [0.25, 0.3) is 0 Å². The average molecular weight is 482 g/mol. The highest BCUT2D eigenvalue weighted by Gasteiger charge is 2.16. The molecule has 31 heavy (non-hydrogen) atoms. The second-order valence-corrected chi connectivity index (χ2v) is 7.88. The van der Waals surface area contributed by atoms with Crippen molar-refractivity contribution in [1.29, 1.82) is 0 Å². The molecule has 9 nitrogen and oxygen atoms in total. The van der Waals surface area contributed by atoms with E-state index in [2.05, 4.69) is 15.5 Å². The molecule has 3 rings (SSSR count). The van der Waals surface area contributed by atoms with Crippen molar-refractivity contribution in [2.24, 2.45) is 0 Å². The number of halogens is 2. The minimum atomic E-state index is -0.608. The van der Waals surface area contributed by atoms with Crippen molar-refractivity contribution >= 4 is 52.2 Å². The number of nitro benzene ring substituents is 1. The Bertz CT molecular complexity index is 1110. The van der Waals surface area contributed by atoms with Crippen LogP contribution < -0.4 is 10.1 Å². The Labute approximate surface area is 191 Å². The molecule has 0 atom stereocenters. The molecule has 0 fully saturated rings. The number of carbonyl (C=O) groups is 1. The third-order valence-corrected chi connectivity index (χ3v) is 5.66. The number of hydrogen-bond acceptors (Lipinski definition) is 7. The highest BCUT2D eigenvalue weighted by atomic mass is 35.5. The number of hydrogen-bond donors (Lipinski definition) is 1. The maximum Gasteiger partial charge on any atom is 0.289 e. The molecule has 12 heteroatoms. The second-order valence-electron chi connectivity index (χ2n) is 6.12. The van der Waals surface area contributed by atoms with Crippen molar-refractivity contribution in [1.82, 2.24) is 14.8 Å². The van der Waals surface area contributed by atoms with Crippen LogP contribution in [0.5, 0.6) is 5.75 Å². The van der Waals surface area contributed by atoms with E-state index in [0.717, 1.165) is 0 Å². The Balaban J connectivity index is 1.60. The Morgan fingerprint density at radius 2 is 2.00 bits per heavy atom. The number of nitrogens with one attached hydrogen (secondary N) is 1. The third-order valence-electron chi connectivity index (χ3n) is 4.06. The summed E-state index contributed by atoms with van der Waals surface area (Å²) < 4.78 is 7.55. The number of amides is 1. The van der Waals surface area contributed by atoms with E-state index in [-0.39, 0.29) is 34.7 Å². The van der Waals surface area contributed by atoms with Gasteiger partial charge in [0.2, 0.25) is 5.91 Å². The van der Waals surface area contributed by atoms with Gasteiger partial charge >= 0.3 is 0 Å². The number of para-hydroxylation sites is 1. The number of aromatic nitrogens is 3. The second kappa shape index (κ2) is 10.5. The van der Waals surface area contributed by atoms with Crippen LogP contribution in [0.15, 0.2) is 47.6 Å². The van der Waals surface area contributed by atoms with Gasteiger partial charge in [0.1, 0.15) is 17.4 Å². The van der Waals surface area contributed by atoms with Crippen LogP contribution in [0, 0.1) is 10.1 Å². The molecule has 1 amide bonds. The zero-order valence-electron chi connectivity index (χ0n) is 16.2. The summed E-state index contributed by atoms with van der Waals surface area (Å²) in [6, 6.07) is 11.2. The summed E-state index contributed by atoms with van der Waals surface area (Å²) in [5, 5.41) is 22.9. The van der Waals surface area contributed by atoms with Crippen molar-refractivity contribution in [3.8, 4) is 5.75 Å². The number of benzene rings is 2. The number of ether oxygens (including phenoxy) is 1. The lowest BCUT2D eigenvalue weighted by Crippen LogP contribution is -2.15. The normalized spacial score (nSPS) is 10.7. The van der Waals surface area contributed by atoms with Gasteiger partial charge in [0, 0.05) is 18.3 Å². The zero-order chi connectivity index (χ0) is 22.4. The lowest BCUT2D eigenvalue weighted by atomic mass is 10.3. The maximum atomic E-state index is 12.3. The molecule has 0 saturated heterocycles. The smallest absolute Gasteiger partial charge is 0.289 e. The summed E-state index contributed by atoms with van der Waals surface area (Å²) in [7, 11) is 0. The summed E-state index contributed by atoms with van der Waals surface area (Å²) in [6.07, 6.45) is 0. The molecular weight excluding hydrogens is 465 g/mol. The summed E-state index contributed by atoms with van der Waals surface area (Å²) in [5.41, 5.74) is 0.00787. The summed E-state index contributed by atoms with van der Waals surface area (Å²) in [5.74, 6) is 0.833. The quantitative estimate of drug-likeness (QED) is 0.264. The van der Waals surface area contributed by atoms with Gasteiger partial charge in [-0.1, -0.05) is 47.1 Å². The molecule has 1 aromatic heterocycles. The number of rotatable bonds is 9. The standard InChI is InChI=1S/C19H17Cl2N5O4S/c1-2-25-17(10-30-16-6-4-3-5-14(16)21)23-24-19(25)31-11-18(27)22-12-7-8-13(20)15(9-12)26(28)29/h3-9H,2,10-11H2,1H3,(H,22,27). The van der Waals surface area contributed by atoms with Gasteiger partial charge in [-0.2, -0.15) is 0 Å². The van der Waals surface area contributed by atoms with Gasteiger partial charge in [0.25, 0.3) is 5.69 Å². The van der Waals surface area contributed by atoms with Crippen LogP contribution in [0.3, 0.4) is 0 Å². The summed E-state index contributed by atoms with van der Waals surface area (Å²) >= 11 is 13.1. The molecule has 0 bridgehead atoms. The molecule has 0 saturated carbocycles.